The third kappa shape index (κ3) is 2.02. The third-order valence-electron chi connectivity index (χ3n) is 1.11. The summed E-state index contributed by atoms with van der Waals surface area (Å²) in [6, 6.07) is 5.89. The van der Waals surface area contributed by atoms with Crippen LogP contribution in [0.5, 0.6) is 0 Å². The van der Waals surface area contributed by atoms with Crippen molar-refractivity contribution in [3.8, 4) is 0 Å². The number of benzene rings is 1. The standard InChI is InChI=1S/C6H5BrO3S/c7-5-3-1-2-4-6(5)11(8,9)10/h1-4H,(H,8,9,10)/p-1. The maximum Gasteiger partial charge on any atom is 0.125 e. The molecule has 0 aromatic heterocycles. The van der Waals surface area contributed by atoms with Crippen molar-refractivity contribution in [1.29, 1.82) is 0 Å². The SMILES string of the molecule is O=S(=O)([O-])c1ccccc1Br. The Morgan fingerprint density at radius 2 is 1.82 bits per heavy atom. The molecule has 1 rings (SSSR count). The summed E-state index contributed by atoms with van der Waals surface area (Å²) in [4.78, 5) is -0.222. The highest BCUT2D eigenvalue weighted by molar-refractivity contribution is 9.10. The average molecular weight is 236 g/mol. The predicted octanol–water partition coefficient (Wildman–Crippen LogP) is 1.35. The maximum atomic E-state index is 10.5. The van der Waals surface area contributed by atoms with Gasteiger partial charge in [0.15, 0.2) is 0 Å². The fourth-order valence-electron chi connectivity index (χ4n) is 0.647. The second-order valence-corrected chi connectivity index (χ2v) is 4.09. The molecule has 1 aromatic rings. The van der Waals surface area contributed by atoms with Gasteiger partial charge < -0.3 is 4.55 Å². The summed E-state index contributed by atoms with van der Waals surface area (Å²) < 4.78 is 31.7. The molecular weight excluding hydrogens is 232 g/mol. The lowest BCUT2D eigenvalue weighted by Gasteiger charge is -2.07. The topological polar surface area (TPSA) is 57.2 Å². The molecule has 0 N–H and O–H groups in total. The Kier molecular flexibility index (Phi) is 2.31. The van der Waals surface area contributed by atoms with Gasteiger partial charge in [0, 0.05) is 4.47 Å². The molecule has 0 aliphatic carbocycles. The van der Waals surface area contributed by atoms with Gasteiger partial charge in [0.2, 0.25) is 0 Å². The van der Waals surface area contributed by atoms with Crippen LogP contribution in [-0.2, 0) is 10.1 Å². The summed E-state index contributed by atoms with van der Waals surface area (Å²) in [5, 5.41) is 0. The van der Waals surface area contributed by atoms with E-state index in [1.165, 1.54) is 18.2 Å². The van der Waals surface area contributed by atoms with E-state index in [1.54, 1.807) is 6.07 Å². The molecule has 5 heteroatoms. The van der Waals surface area contributed by atoms with Gasteiger partial charge in [-0.05, 0) is 28.1 Å². The maximum absolute atomic E-state index is 10.5. The van der Waals surface area contributed by atoms with Crippen LogP contribution in [-0.4, -0.2) is 13.0 Å². The largest absolute Gasteiger partial charge is 0.744 e. The Bertz CT molecular complexity index is 358. The lowest BCUT2D eigenvalue weighted by atomic mass is 10.4. The van der Waals surface area contributed by atoms with Crippen LogP contribution in [0.2, 0.25) is 0 Å². The Labute approximate surface area is 72.9 Å². The Morgan fingerprint density at radius 3 is 2.18 bits per heavy atom. The molecule has 1 aromatic carbocycles. The van der Waals surface area contributed by atoms with Gasteiger partial charge in [0.1, 0.15) is 10.1 Å². The van der Waals surface area contributed by atoms with Crippen LogP contribution in [0, 0.1) is 0 Å². The van der Waals surface area contributed by atoms with Crippen molar-refractivity contribution in [2.45, 2.75) is 4.90 Å². The Balaban J connectivity index is 3.37. The summed E-state index contributed by atoms with van der Waals surface area (Å²) in [5.74, 6) is 0. The molecule has 0 fully saturated rings. The number of halogens is 1. The molecule has 0 heterocycles. The third-order valence-corrected chi connectivity index (χ3v) is 2.95. The first-order valence-corrected chi connectivity index (χ1v) is 4.92. The van der Waals surface area contributed by atoms with Gasteiger partial charge in [0.25, 0.3) is 0 Å². The monoisotopic (exact) mass is 235 g/mol. The van der Waals surface area contributed by atoms with Gasteiger partial charge >= 0.3 is 0 Å². The highest BCUT2D eigenvalue weighted by atomic mass is 79.9. The summed E-state index contributed by atoms with van der Waals surface area (Å²) in [7, 11) is -4.33. The van der Waals surface area contributed by atoms with E-state index < -0.39 is 10.1 Å². The second kappa shape index (κ2) is 2.92. The quantitative estimate of drug-likeness (QED) is 0.691. The summed E-state index contributed by atoms with van der Waals surface area (Å²) in [6.07, 6.45) is 0. The Morgan fingerprint density at radius 1 is 1.27 bits per heavy atom. The minimum absolute atomic E-state index is 0.222. The first-order valence-electron chi connectivity index (χ1n) is 2.72. The zero-order chi connectivity index (χ0) is 8.48. The highest BCUT2D eigenvalue weighted by Crippen LogP contribution is 2.19. The van der Waals surface area contributed by atoms with Crippen molar-refractivity contribution in [3.05, 3.63) is 28.7 Å². The van der Waals surface area contributed by atoms with E-state index in [-0.39, 0.29) is 4.90 Å². The van der Waals surface area contributed by atoms with E-state index in [9.17, 15) is 13.0 Å². The number of hydrogen-bond donors (Lipinski definition) is 0. The van der Waals surface area contributed by atoms with Gasteiger partial charge in [-0.3, -0.25) is 0 Å². The molecule has 0 spiro atoms. The van der Waals surface area contributed by atoms with Crippen molar-refractivity contribution < 1.29 is 13.0 Å². The van der Waals surface area contributed by atoms with E-state index in [0.717, 1.165) is 0 Å². The van der Waals surface area contributed by atoms with Gasteiger partial charge in [-0.25, -0.2) is 8.42 Å². The first kappa shape index (κ1) is 8.70. The molecule has 0 radical (unpaired) electrons. The van der Waals surface area contributed by atoms with Crippen LogP contribution in [0.4, 0.5) is 0 Å². The molecule has 0 aliphatic heterocycles. The van der Waals surface area contributed by atoms with E-state index in [4.69, 9.17) is 0 Å². The smallest absolute Gasteiger partial charge is 0.125 e. The van der Waals surface area contributed by atoms with Crippen molar-refractivity contribution >= 4 is 26.0 Å². The van der Waals surface area contributed by atoms with Crippen molar-refractivity contribution in [2.75, 3.05) is 0 Å². The predicted molar refractivity (Wildman–Crippen MR) is 42.1 cm³/mol. The van der Waals surface area contributed by atoms with Crippen LogP contribution in [0.15, 0.2) is 33.6 Å². The molecule has 0 amide bonds. The normalized spacial score (nSPS) is 11.5. The Hall–Kier alpha value is -0.390. The van der Waals surface area contributed by atoms with Gasteiger partial charge in [-0.2, -0.15) is 0 Å². The number of rotatable bonds is 1. The summed E-state index contributed by atoms with van der Waals surface area (Å²) in [5.41, 5.74) is 0. The molecule has 3 nitrogen and oxygen atoms in total. The average Bonchev–Trinajstić information content (AvgIpc) is 1.86. The van der Waals surface area contributed by atoms with Crippen molar-refractivity contribution in [2.24, 2.45) is 0 Å². The zero-order valence-electron chi connectivity index (χ0n) is 5.32. The van der Waals surface area contributed by atoms with E-state index in [2.05, 4.69) is 15.9 Å². The lowest BCUT2D eigenvalue weighted by molar-refractivity contribution is 0.462. The van der Waals surface area contributed by atoms with Gasteiger partial charge in [-0.1, -0.05) is 12.1 Å². The molecule has 11 heavy (non-hydrogen) atoms. The molecular formula is C6H4BrO3S-. The molecule has 60 valence electrons. The van der Waals surface area contributed by atoms with E-state index in [1.807, 2.05) is 0 Å². The molecule has 0 aliphatic rings. The lowest BCUT2D eigenvalue weighted by Crippen LogP contribution is -1.98. The zero-order valence-corrected chi connectivity index (χ0v) is 7.72. The van der Waals surface area contributed by atoms with Gasteiger partial charge in [-0.15, -0.1) is 0 Å². The van der Waals surface area contributed by atoms with Crippen molar-refractivity contribution in [1.82, 2.24) is 0 Å². The van der Waals surface area contributed by atoms with E-state index >= 15 is 0 Å². The van der Waals surface area contributed by atoms with Crippen LogP contribution < -0.4 is 0 Å². The van der Waals surface area contributed by atoms with E-state index in [0.29, 0.717) is 4.47 Å². The van der Waals surface area contributed by atoms with Crippen LogP contribution >= 0.6 is 15.9 Å². The fourth-order valence-corrected chi connectivity index (χ4v) is 2.08. The van der Waals surface area contributed by atoms with Gasteiger partial charge in [0.05, 0.1) is 4.90 Å². The molecule has 0 saturated carbocycles. The molecule has 0 atom stereocenters. The van der Waals surface area contributed by atoms with Crippen molar-refractivity contribution in [3.63, 3.8) is 0 Å². The minimum Gasteiger partial charge on any atom is -0.744 e. The van der Waals surface area contributed by atoms with Crippen LogP contribution in [0.1, 0.15) is 0 Å². The van der Waals surface area contributed by atoms with Crippen LogP contribution in [0.25, 0.3) is 0 Å². The second-order valence-electron chi connectivity index (χ2n) is 1.88. The first-order chi connectivity index (χ1) is 5.02. The fraction of sp³-hybridized carbons (Fsp3) is 0. The summed E-state index contributed by atoms with van der Waals surface area (Å²) >= 11 is 2.95. The molecule has 0 unspecified atom stereocenters. The summed E-state index contributed by atoms with van der Waals surface area (Å²) in [6.45, 7) is 0. The number of hydrogen-bond acceptors (Lipinski definition) is 3. The highest BCUT2D eigenvalue weighted by Gasteiger charge is 2.03. The van der Waals surface area contributed by atoms with Crippen LogP contribution in [0.3, 0.4) is 0 Å². The molecule has 0 saturated heterocycles. The molecule has 0 bridgehead atoms. The minimum atomic E-state index is -4.33.